The van der Waals surface area contributed by atoms with Gasteiger partial charge in [-0.3, -0.25) is 24.2 Å². The number of nitrogens with zero attached hydrogens (tertiary/aromatic N) is 4. The number of nitrogens with two attached hydrogens (primary N) is 1. The molecule has 20 heteroatoms. The molecule has 1 atom stereocenters. The van der Waals surface area contributed by atoms with E-state index in [4.69, 9.17) is 5.73 Å². The molecule has 1 aliphatic carbocycles. The molecular weight excluding hydrogens is 1000 g/mol. The minimum atomic E-state index is -6.11. The zero-order chi connectivity index (χ0) is 53.0. The molecule has 400 valence electrons. The van der Waals surface area contributed by atoms with Crippen LogP contribution in [0.5, 0.6) is 0 Å². The van der Waals surface area contributed by atoms with E-state index in [-0.39, 0.29) is 29.2 Å². The van der Waals surface area contributed by atoms with Crippen LogP contribution in [-0.4, -0.2) is 132 Å². The van der Waals surface area contributed by atoms with Gasteiger partial charge in [0.2, 0.25) is 11.8 Å². The van der Waals surface area contributed by atoms with Crippen molar-refractivity contribution in [2.45, 2.75) is 118 Å². The standard InChI is InChI=1S/C53H72F3N7O7S3/c1-5-12-39(2)46-36-52(3,4)25-23-41(46)37-61-29-31-62(32-30-61)43-19-17-40(18-20-43)51(66)59-73(69,70)45-21-22-47(48(35-45)72(67,68)53(54,55)56)58-42(38-71-44-13-8-6-9-14-44)24-26-60-27-33-63(34-28-60)50(65)16-11-7-10-15-49(57)64/h6,8-9,13-14,17-22,35,42,58H,2,5,7,10-12,15-16,23-34,36-38H2,1,3-4H3,(H2,57,64)(H,59,66)/t42-/m1/s1. The van der Waals surface area contributed by atoms with Crippen molar-refractivity contribution in [3.05, 3.63) is 102 Å². The first-order valence-corrected chi connectivity index (χ1v) is 29.2. The van der Waals surface area contributed by atoms with E-state index in [2.05, 4.69) is 47.4 Å². The summed E-state index contributed by atoms with van der Waals surface area (Å²) in [6.45, 7) is 17.9. The van der Waals surface area contributed by atoms with Gasteiger partial charge in [0.05, 0.1) is 10.6 Å². The Kier molecular flexibility index (Phi) is 20.1. The second kappa shape index (κ2) is 25.6. The molecule has 2 saturated heterocycles. The maximum atomic E-state index is 14.3. The molecule has 0 spiro atoms. The van der Waals surface area contributed by atoms with Crippen molar-refractivity contribution < 1.29 is 44.4 Å². The number of carbonyl (C=O) groups excluding carboxylic acids is 3. The highest BCUT2D eigenvalue weighted by Gasteiger charge is 2.48. The summed E-state index contributed by atoms with van der Waals surface area (Å²) in [4.78, 5) is 44.6. The first-order valence-electron chi connectivity index (χ1n) is 25.3. The Morgan fingerprint density at radius 1 is 0.836 bits per heavy atom. The second-order valence-corrected chi connectivity index (χ2v) is 24.8. The fourth-order valence-electron chi connectivity index (χ4n) is 9.57. The van der Waals surface area contributed by atoms with Crippen LogP contribution in [-0.2, 0) is 29.4 Å². The Hall–Kier alpha value is -4.89. The van der Waals surface area contributed by atoms with E-state index in [1.54, 1.807) is 17.0 Å². The minimum Gasteiger partial charge on any atom is -0.380 e. The Bertz CT molecular complexity index is 2650. The third-order valence-corrected chi connectivity index (χ3v) is 17.9. The molecular formula is C53H72F3N7O7S3. The lowest BCUT2D eigenvalue weighted by Crippen LogP contribution is -2.49. The number of anilines is 2. The highest BCUT2D eigenvalue weighted by Crippen LogP contribution is 2.42. The smallest absolute Gasteiger partial charge is 0.380 e. The van der Waals surface area contributed by atoms with Crippen molar-refractivity contribution in [3.63, 3.8) is 0 Å². The molecule has 3 aliphatic rings. The molecule has 4 N–H and O–H groups in total. The van der Waals surface area contributed by atoms with Gasteiger partial charge in [0.1, 0.15) is 4.90 Å². The van der Waals surface area contributed by atoms with E-state index in [1.807, 2.05) is 35.1 Å². The molecule has 6 rings (SSSR count). The fourth-order valence-corrected chi connectivity index (χ4v) is 12.6. The molecule has 2 aliphatic heterocycles. The van der Waals surface area contributed by atoms with Crippen molar-refractivity contribution in [1.29, 1.82) is 0 Å². The van der Waals surface area contributed by atoms with Crippen molar-refractivity contribution in [3.8, 4) is 0 Å². The molecule has 73 heavy (non-hydrogen) atoms. The first kappa shape index (κ1) is 57.4. The third-order valence-electron chi connectivity index (χ3n) is 13.9. The molecule has 0 saturated carbocycles. The summed E-state index contributed by atoms with van der Waals surface area (Å²) >= 11 is 1.42. The van der Waals surface area contributed by atoms with Crippen LogP contribution in [0.25, 0.3) is 0 Å². The van der Waals surface area contributed by atoms with E-state index in [9.17, 15) is 44.4 Å². The fraction of sp³-hybridized carbons (Fsp3) is 0.528. The number of sulfonamides is 1. The molecule has 3 aromatic carbocycles. The van der Waals surface area contributed by atoms with Crippen LogP contribution in [0.15, 0.2) is 111 Å². The van der Waals surface area contributed by atoms with Crippen LogP contribution in [0, 0.1) is 5.41 Å². The van der Waals surface area contributed by atoms with Crippen molar-refractivity contribution in [1.82, 2.24) is 19.4 Å². The number of rotatable bonds is 24. The molecule has 3 amide bonds. The number of sulfone groups is 1. The number of halogens is 3. The van der Waals surface area contributed by atoms with E-state index in [1.165, 1.54) is 40.6 Å². The highest BCUT2D eigenvalue weighted by molar-refractivity contribution is 7.99. The number of hydrogen-bond acceptors (Lipinski definition) is 12. The maximum absolute atomic E-state index is 14.3. The number of hydrogen-bond donors (Lipinski definition) is 3. The predicted octanol–water partition coefficient (Wildman–Crippen LogP) is 8.63. The van der Waals surface area contributed by atoms with Gasteiger partial charge in [0, 0.05) is 106 Å². The lowest BCUT2D eigenvalue weighted by Gasteiger charge is -2.39. The third kappa shape index (κ3) is 16.3. The van der Waals surface area contributed by atoms with Crippen LogP contribution in [0.1, 0.15) is 102 Å². The second-order valence-electron chi connectivity index (χ2n) is 20.1. The number of nitrogens with one attached hydrogen (secondary N) is 2. The van der Waals surface area contributed by atoms with Gasteiger partial charge >= 0.3 is 5.51 Å². The quantitative estimate of drug-likeness (QED) is 0.0575. The largest absolute Gasteiger partial charge is 0.501 e. The number of thioether (sulfide) groups is 1. The van der Waals surface area contributed by atoms with Crippen LogP contribution < -0.4 is 20.7 Å². The topological polar surface area (TPSA) is 183 Å². The molecule has 0 bridgehead atoms. The Morgan fingerprint density at radius 3 is 2.14 bits per heavy atom. The SMILES string of the molecule is C=C(CCC)C1=C(CN2CCN(c3ccc(C(=O)NS(=O)(=O)c4ccc(N[C@H](CCN5CCN(C(=O)CCCCCC(N)=O)CC5)CSc5ccccc5)c(S(=O)(=O)C(F)(F)F)c4)cc3)CC2)CCC(C)(C)C1. The molecule has 2 heterocycles. The summed E-state index contributed by atoms with van der Waals surface area (Å²) in [6, 6.07) is 17.5. The first-order chi connectivity index (χ1) is 34.5. The lowest BCUT2D eigenvalue weighted by atomic mass is 9.72. The van der Waals surface area contributed by atoms with Gasteiger partial charge in [-0.1, -0.05) is 69.5 Å². The summed E-state index contributed by atoms with van der Waals surface area (Å²) in [5.74, 6) is -1.08. The van der Waals surface area contributed by atoms with E-state index >= 15 is 0 Å². The number of benzene rings is 3. The number of piperazine rings is 2. The van der Waals surface area contributed by atoms with Gasteiger partial charge < -0.3 is 20.9 Å². The van der Waals surface area contributed by atoms with Gasteiger partial charge in [0.15, 0.2) is 0 Å². The van der Waals surface area contributed by atoms with Gasteiger partial charge in [0.25, 0.3) is 25.8 Å². The summed E-state index contributed by atoms with van der Waals surface area (Å²) in [6.07, 6.45) is 8.31. The molecule has 14 nitrogen and oxygen atoms in total. The highest BCUT2D eigenvalue weighted by atomic mass is 32.2. The van der Waals surface area contributed by atoms with Gasteiger partial charge in [-0.05, 0) is 111 Å². The zero-order valence-corrected chi connectivity index (χ0v) is 44.8. The van der Waals surface area contributed by atoms with Crippen LogP contribution in [0.2, 0.25) is 0 Å². The summed E-state index contributed by atoms with van der Waals surface area (Å²) in [5, 5.41) is 3.00. The van der Waals surface area contributed by atoms with E-state index in [0.717, 1.165) is 94.0 Å². The molecule has 2 fully saturated rings. The Morgan fingerprint density at radius 2 is 1.49 bits per heavy atom. The van der Waals surface area contributed by atoms with Crippen LogP contribution in [0.4, 0.5) is 24.5 Å². The average molecular weight is 1070 g/mol. The summed E-state index contributed by atoms with van der Waals surface area (Å²) in [5.41, 5.74) is 4.23. The van der Waals surface area contributed by atoms with Crippen molar-refractivity contribution in [2.24, 2.45) is 11.1 Å². The summed E-state index contributed by atoms with van der Waals surface area (Å²) < 4.78 is 98.7. The predicted molar refractivity (Wildman–Crippen MR) is 283 cm³/mol. The molecule has 0 radical (unpaired) electrons. The Labute approximate surface area is 434 Å². The molecule has 3 aromatic rings. The maximum Gasteiger partial charge on any atom is 0.501 e. The van der Waals surface area contributed by atoms with Gasteiger partial charge in [-0.25, -0.2) is 21.6 Å². The van der Waals surface area contributed by atoms with E-state index < -0.39 is 52.8 Å². The van der Waals surface area contributed by atoms with Crippen molar-refractivity contribution >= 4 is 60.7 Å². The summed E-state index contributed by atoms with van der Waals surface area (Å²) in [7, 11) is -11.0. The number of carbonyl (C=O) groups is 3. The number of amides is 3. The van der Waals surface area contributed by atoms with Crippen LogP contribution in [0.3, 0.4) is 0 Å². The van der Waals surface area contributed by atoms with Gasteiger partial charge in [-0.2, -0.15) is 13.2 Å². The minimum absolute atomic E-state index is 0.0140. The number of primary amides is 1. The van der Waals surface area contributed by atoms with Crippen LogP contribution >= 0.6 is 11.8 Å². The average Bonchev–Trinajstić information content (AvgIpc) is 3.35. The molecule has 0 aromatic heterocycles. The van der Waals surface area contributed by atoms with Crippen molar-refractivity contribution in [2.75, 3.05) is 81.4 Å². The number of alkyl halides is 3. The van der Waals surface area contributed by atoms with Gasteiger partial charge in [-0.15, -0.1) is 11.8 Å². The number of allylic oxidation sites excluding steroid dienone is 2. The number of unbranched alkanes of at least 4 members (excludes halogenated alkanes) is 2. The normalized spacial score (nSPS) is 17.6. The van der Waals surface area contributed by atoms with E-state index in [0.29, 0.717) is 70.2 Å². The zero-order valence-electron chi connectivity index (χ0n) is 42.4. The monoisotopic (exact) mass is 1070 g/mol. The lowest BCUT2D eigenvalue weighted by molar-refractivity contribution is -0.133. The Balaban J connectivity index is 1.10. The molecule has 0 unspecified atom stereocenters.